The molecule has 0 aliphatic rings. The van der Waals surface area contributed by atoms with Crippen LogP contribution in [0, 0.1) is 0 Å². The van der Waals surface area contributed by atoms with E-state index in [0.717, 1.165) is 0 Å². The van der Waals surface area contributed by atoms with Crippen LogP contribution in [0.3, 0.4) is 0 Å². The second-order valence-corrected chi connectivity index (χ2v) is 4.03. The lowest BCUT2D eigenvalue weighted by molar-refractivity contribution is -0.269. The van der Waals surface area contributed by atoms with Gasteiger partial charge in [-0.05, 0) is 0 Å². The van der Waals surface area contributed by atoms with E-state index in [4.69, 9.17) is 0 Å². The molecule has 0 aromatic heterocycles. The summed E-state index contributed by atoms with van der Waals surface area (Å²) in [6.07, 6.45) is -11.8. The Labute approximate surface area is 97.8 Å². The lowest BCUT2D eigenvalue weighted by Crippen LogP contribution is -2.41. The number of halogens is 8. The van der Waals surface area contributed by atoms with Crippen LogP contribution >= 0.6 is 0 Å². The second kappa shape index (κ2) is 5.72. The minimum atomic E-state index is -6.29. The first-order chi connectivity index (χ1) is 7.77. The maximum atomic E-state index is 12.1. The monoisotopic (exact) mass is 330 g/mol. The van der Waals surface area contributed by atoms with Gasteiger partial charge in [-0.25, -0.2) is 8.39 Å². The number of nitrogens with zero attached hydrogens (tertiary/aromatic N) is 1. The van der Waals surface area contributed by atoms with Crippen LogP contribution in [0.5, 0.6) is 0 Å². The summed E-state index contributed by atoms with van der Waals surface area (Å²) in [4.78, 5) is 1.64. The molecule has 5 nitrogen and oxygen atoms in total. The topological polar surface area (TPSA) is 66.7 Å². The van der Waals surface area contributed by atoms with E-state index >= 15 is 0 Å². The molecule has 2 unspecified atom stereocenters. The highest BCUT2D eigenvalue weighted by atomic mass is 32.2. The van der Waals surface area contributed by atoms with Crippen molar-refractivity contribution in [2.24, 2.45) is 0 Å². The molecular formula is C3F8NO4S2-. The van der Waals surface area contributed by atoms with Crippen LogP contribution in [0.15, 0.2) is 0 Å². The van der Waals surface area contributed by atoms with Gasteiger partial charge in [0.1, 0.15) is 0 Å². The van der Waals surface area contributed by atoms with Gasteiger partial charge in [0.15, 0.2) is 0 Å². The fraction of sp³-hybridized carbons (Fsp3) is 1.00. The van der Waals surface area contributed by atoms with Crippen molar-refractivity contribution in [1.82, 2.24) is 0 Å². The normalized spacial score (nSPS) is 17.6. The van der Waals surface area contributed by atoms with Gasteiger partial charge in [-0.2, -0.15) is 22.0 Å². The van der Waals surface area contributed by atoms with E-state index in [2.05, 4.69) is 8.47 Å². The molecule has 0 fully saturated rings. The van der Waals surface area contributed by atoms with Crippen LogP contribution in [0.2, 0.25) is 0 Å². The summed E-state index contributed by atoms with van der Waals surface area (Å²) < 4.78 is 119. The van der Waals surface area contributed by atoms with Crippen molar-refractivity contribution in [1.29, 1.82) is 0 Å². The van der Waals surface area contributed by atoms with Gasteiger partial charge in [0.25, 0.3) is 0 Å². The van der Waals surface area contributed by atoms with Gasteiger partial charge in [0.2, 0.25) is 11.1 Å². The zero-order chi connectivity index (χ0) is 14.8. The minimum absolute atomic E-state index is 1.64. The smallest absolute Gasteiger partial charge is 0.408 e. The zero-order valence-electron chi connectivity index (χ0n) is 7.42. The molecule has 0 rings (SSSR count). The van der Waals surface area contributed by atoms with E-state index in [1.165, 1.54) is 0 Å². The van der Waals surface area contributed by atoms with E-state index in [0.29, 0.717) is 0 Å². The third-order valence-corrected chi connectivity index (χ3v) is 2.35. The Bertz CT molecular complexity index is 338. The maximum absolute atomic E-state index is 12.1. The molecule has 0 N–H and O–H groups in total. The summed E-state index contributed by atoms with van der Waals surface area (Å²) in [5.41, 5.74) is 0. The molecule has 0 saturated carbocycles. The van der Waals surface area contributed by atoms with Gasteiger partial charge in [-0.3, -0.25) is 4.21 Å². The van der Waals surface area contributed by atoms with Gasteiger partial charge in [0, 0.05) is 0 Å². The summed E-state index contributed by atoms with van der Waals surface area (Å²) in [6.45, 7) is 0. The van der Waals surface area contributed by atoms with Crippen molar-refractivity contribution >= 4 is 22.3 Å². The average Bonchev–Trinajstić information content (AvgIpc) is 2.09. The lowest BCUT2D eigenvalue weighted by atomic mass is 10.7. The fourth-order valence-electron chi connectivity index (χ4n) is 0.290. The predicted octanol–water partition coefficient (Wildman–Crippen LogP) is 2.23. The van der Waals surface area contributed by atoms with Gasteiger partial charge in [-0.1, -0.05) is 0 Å². The molecule has 0 aliphatic carbocycles. The largest absolute Gasteiger partial charge is 0.534 e. The first-order valence-electron chi connectivity index (χ1n) is 3.20. The SMILES string of the molecule is O=S([N-]OS(=O)C(F)(F)C(F)(F)F)OC(F)(F)F. The second-order valence-electron chi connectivity index (χ2n) is 2.14. The highest BCUT2D eigenvalue weighted by Gasteiger charge is 2.63. The Balaban J connectivity index is 4.41. The third-order valence-electron chi connectivity index (χ3n) is 0.864. The van der Waals surface area contributed by atoms with Gasteiger partial charge in [-0.15, -0.1) is 13.2 Å². The van der Waals surface area contributed by atoms with Gasteiger partial charge in [0.05, 0.1) is 11.3 Å². The maximum Gasteiger partial charge on any atom is 0.534 e. The zero-order valence-corrected chi connectivity index (χ0v) is 9.05. The highest BCUT2D eigenvalue weighted by molar-refractivity contribution is 7.85. The van der Waals surface area contributed by atoms with Crippen molar-refractivity contribution in [3.8, 4) is 0 Å². The van der Waals surface area contributed by atoms with Crippen LogP contribution in [-0.2, 0) is 30.8 Å². The number of alkyl halides is 8. The fourth-order valence-corrected chi connectivity index (χ4v) is 1.18. The Morgan fingerprint density at radius 2 is 1.33 bits per heavy atom. The number of hydrogen-bond donors (Lipinski definition) is 0. The van der Waals surface area contributed by atoms with Crippen LogP contribution in [0.4, 0.5) is 35.1 Å². The first kappa shape index (κ1) is 17.6. The molecule has 0 bridgehead atoms. The molecule has 0 amide bonds. The molecule has 18 heavy (non-hydrogen) atoms. The van der Waals surface area contributed by atoms with E-state index in [1.54, 1.807) is 4.89 Å². The molecule has 0 spiro atoms. The molecule has 110 valence electrons. The van der Waals surface area contributed by atoms with Crippen molar-refractivity contribution in [2.45, 2.75) is 17.8 Å². The summed E-state index contributed by atoms with van der Waals surface area (Å²) in [7, 11) is 0. The number of rotatable bonds is 5. The first-order valence-corrected chi connectivity index (χ1v) is 5.31. The Morgan fingerprint density at radius 1 is 0.889 bits per heavy atom. The highest BCUT2D eigenvalue weighted by Crippen LogP contribution is 2.39. The molecule has 0 aromatic carbocycles. The summed E-state index contributed by atoms with van der Waals surface area (Å²) in [6, 6.07) is 0. The van der Waals surface area contributed by atoms with Crippen LogP contribution < -0.4 is 0 Å². The quantitative estimate of drug-likeness (QED) is 0.573. The Hall–Kier alpha value is -0.380. The molecule has 0 radical (unpaired) electrons. The average molecular weight is 330 g/mol. The number of hydrogen-bond acceptors (Lipinski definition) is 4. The van der Waals surface area contributed by atoms with E-state index in [-0.39, 0.29) is 0 Å². The van der Waals surface area contributed by atoms with E-state index in [9.17, 15) is 43.5 Å². The summed E-state index contributed by atoms with van der Waals surface area (Å²) in [5, 5.41) is -5.90. The van der Waals surface area contributed by atoms with Crippen molar-refractivity contribution in [3.05, 3.63) is 4.89 Å². The summed E-state index contributed by atoms with van der Waals surface area (Å²) in [5.74, 6) is 0. The predicted molar refractivity (Wildman–Crippen MR) is 38.9 cm³/mol. The standard InChI is InChI=1S/C3F8NO4S2/c4-1(5,6)2(7,8)17(13)16-12-18(14)15-3(9,10)11/q-1. The molecule has 0 heterocycles. The molecular weight excluding hydrogens is 330 g/mol. The van der Waals surface area contributed by atoms with Crippen molar-refractivity contribution in [2.75, 3.05) is 0 Å². The van der Waals surface area contributed by atoms with Crippen LogP contribution in [0.25, 0.3) is 4.89 Å². The molecule has 2 atom stereocenters. The molecule has 0 saturated heterocycles. The lowest BCUT2D eigenvalue weighted by Gasteiger charge is -2.23. The Kier molecular flexibility index (Phi) is 5.60. The van der Waals surface area contributed by atoms with Crippen molar-refractivity contribution in [3.63, 3.8) is 0 Å². The third kappa shape index (κ3) is 5.51. The molecule has 15 heteroatoms. The van der Waals surface area contributed by atoms with Crippen molar-refractivity contribution < 1.29 is 52.0 Å². The Morgan fingerprint density at radius 3 is 1.67 bits per heavy atom. The van der Waals surface area contributed by atoms with E-state index < -0.39 is 40.1 Å². The molecule has 0 aliphatic heterocycles. The van der Waals surface area contributed by atoms with Crippen LogP contribution in [-0.4, -0.2) is 26.2 Å². The van der Waals surface area contributed by atoms with Gasteiger partial charge < -0.3 is 9.17 Å². The molecule has 0 aromatic rings. The minimum Gasteiger partial charge on any atom is -0.408 e. The summed E-state index contributed by atoms with van der Waals surface area (Å²) >= 11 is -8.30. The van der Waals surface area contributed by atoms with E-state index in [1.807, 2.05) is 0 Å². The van der Waals surface area contributed by atoms with Crippen LogP contribution in [0.1, 0.15) is 0 Å². The van der Waals surface area contributed by atoms with Gasteiger partial charge >= 0.3 is 17.8 Å².